The summed E-state index contributed by atoms with van der Waals surface area (Å²) in [7, 11) is 0. The van der Waals surface area contributed by atoms with Crippen LogP contribution in [0.3, 0.4) is 0 Å². The standard InChI is InChI=1S/C18H16N6O3S/c25-14-9-5-4-6-12(14)11-19-22-15(26)10-16-23-24-18(28-16)21-17(27)20-13-7-2-1-3-8-13/h1-9,11,25H,10H2,(H,22,26)(H2,20,21,24,27)/b19-11-. The van der Waals surface area contributed by atoms with Crippen molar-refractivity contribution in [2.24, 2.45) is 5.10 Å². The number of para-hydroxylation sites is 2. The van der Waals surface area contributed by atoms with Gasteiger partial charge < -0.3 is 10.4 Å². The summed E-state index contributed by atoms with van der Waals surface area (Å²) in [5.41, 5.74) is 3.47. The number of benzene rings is 2. The first-order chi connectivity index (χ1) is 13.6. The predicted molar refractivity (Wildman–Crippen MR) is 107 cm³/mol. The molecule has 0 spiro atoms. The van der Waals surface area contributed by atoms with Crippen LogP contribution in [0.4, 0.5) is 15.6 Å². The number of hydrazone groups is 1. The molecule has 0 aliphatic heterocycles. The molecule has 1 heterocycles. The van der Waals surface area contributed by atoms with E-state index in [0.29, 0.717) is 16.3 Å². The van der Waals surface area contributed by atoms with Gasteiger partial charge in [0.2, 0.25) is 11.0 Å². The summed E-state index contributed by atoms with van der Waals surface area (Å²) in [4.78, 5) is 23.8. The molecule has 0 bridgehead atoms. The number of rotatable bonds is 6. The molecular weight excluding hydrogens is 380 g/mol. The molecule has 10 heteroatoms. The Labute approximate surface area is 164 Å². The van der Waals surface area contributed by atoms with Crippen LogP contribution in [-0.2, 0) is 11.2 Å². The number of nitrogens with one attached hydrogen (secondary N) is 3. The smallest absolute Gasteiger partial charge is 0.325 e. The summed E-state index contributed by atoms with van der Waals surface area (Å²) < 4.78 is 0. The number of hydrogen-bond donors (Lipinski definition) is 4. The van der Waals surface area contributed by atoms with Crippen molar-refractivity contribution in [3.8, 4) is 5.75 Å². The Kier molecular flexibility index (Phi) is 6.26. The van der Waals surface area contributed by atoms with Crippen molar-refractivity contribution < 1.29 is 14.7 Å². The molecule has 0 unspecified atom stereocenters. The number of carbonyl (C=O) groups excluding carboxylic acids is 2. The Morgan fingerprint density at radius 3 is 2.57 bits per heavy atom. The molecule has 0 atom stereocenters. The zero-order valence-corrected chi connectivity index (χ0v) is 15.3. The third kappa shape index (κ3) is 5.61. The van der Waals surface area contributed by atoms with Crippen LogP contribution in [0, 0.1) is 0 Å². The molecule has 0 fully saturated rings. The minimum absolute atomic E-state index is 0.0439. The lowest BCUT2D eigenvalue weighted by Gasteiger charge is -2.03. The molecule has 0 aliphatic rings. The van der Waals surface area contributed by atoms with Gasteiger partial charge in [-0.05, 0) is 24.3 Å². The van der Waals surface area contributed by atoms with Crippen LogP contribution in [0.15, 0.2) is 59.7 Å². The van der Waals surface area contributed by atoms with Gasteiger partial charge in [0.25, 0.3) is 0 Å². The largest absolute Gasteiger partial charge is 0.507 e. The highest BCUT2D eigenvalue weighted by molar-refractivity contribution is 7.15. The molecule has 0 aliphatic carbocycles. The van der Waals surface area contributed by atoms with Crippen LogP contribution < -0.4 is 16.1 Å². The van der Waals surface area contributed by atoms with Gasteiger partial charge in [0, 0.05) is 11.3 Å². The lowest BCUT2D eigenvalue weighted by Crippen LogP contribution is -2.19. The number of phenolic OH excluding ortho intramolecular Hbond substituents is 1. The second-order valence-electron chi connectivity index (χ2n) is 5.47. The zero-order chi connectivity index (χ0) is 19.8. The van der Waals surface area contributed by atoms with Gasteiger partial charge in [-0.25, -0.2) is 10.2 Å². The molecule has 4 N–H and O–H groups in total. The van der Waals surface area contributed by atoms with E-state index in [1.165, 1.54) is 12.3 Å². The number of urea groups is 1. The lowest BCUT2D eigenvalue weighted by molar-refractivity contribution is -0.120. The van der Waals surface area contributed by atoms with Crippen LogP contribution in [0.5, 0.6) is 5.75 Å². The quantitative estimate of drug-likeness (QED) is 0.376. The first kappa shape index (κ1) is 19.0. The molecule has 9 nitrogen and oxygen atoms in total. The number of nitrogens with zero attached hydrogens (tertiary/aromatic N) is 3. The molecule has 28 heavy (non-hydrogen) atoms. The van der Waals surface area contributed by atoms with Gasteiger partial charge >= 0.3 is 6.03 Å². The first-order valence-electron chi connectivity index (χ1n) is 8.15. The van der Waals surface area contributed by atoms with Crippen molar-refractivity contribution in [2.45, 2.75) is 6.42 Å². The Morgan fingerprint density at radius 2 is 1.79 bits per heavy atom. The maximum atomic E-state index is 11.9. The van der Waals surface area contributed by atoms with Crippen molar-refractivity contribution >= 4 is 40.3 Å². The molecule has 2 aromatic carbocycles. The molecule has 3 rings (SSSR count). The van der Waals surface area contributed by atoms with E-state index >= 15 is 0 Å². The summed E-state index contributed by atoms with van der Waals surface area (Å²) in [6.45, 7) is 0. The predicted octanol–water partition coefficient (Wildman–Crippen LogP) is 2.58. The SMILES string of the molecule is O=C(Cc1nnc(NC(=O)Nc2ccccc2)s1)N/N=C\c1ccccc1O. The summed E-state index contributed by atoms with van der Waals surface area (Å²) in [5, 5.41) is 27.0. The fourth-order valence-corrected chi connectivity index (χ4v) is 2.84. The van der Waals surface area contributed by atoms with Gasteiger partial charge in [-0.2, -0.15) is 5.10 Å². The molecule has 3 aromatic rings. The normalized spacial score (nSPS) is 10.6. The monoisotopic (exact) mass is 396 g/mol. The van der Waals surface area contributed by atoms with Crippen molar-refractivity contribution in [3.63, 3.8) is 0 Å². The van der Waals surface area contributed by atoms with Crippen LogP contribution >= 0.6 is 11.3 Å². The Hall–Kier alpha value is -3.79. The van der Waals surface area contributed by atoms with Crippen LogP contribution in [0.25, 0.3) is 0 Å². The molecule has 0 saturated carbocycles. The minimum atomic E-state index is -0.453. The van der Waals surface area contributed by atoms with E-state index in [9.17, 15) is 14.7 Å². The number of phenols is 1. The molecule has 1 aromatic heterocycles. The number of anilines is 2. The average molecular weight is 396 g/mol. The molecule has 0 saturated heterocycles. The first-order valence-corrected chi connectivity index (χ1v) is 8.97. The van der Waals surface area contributed by atoms with Gasteiger partial charge in [-0.15, -0.1) is 10.2 Å². The fraction of sp³-hybridized carbons (Fsp3) is 0.0556. The average Bonchev–Trinajstić information content (AvgIpc) is 3.10. The van der Waals surface area contributed by atoms with Crippen molar-refractivity contribution in [1.82, 2.24) is 15.6 Å². The minimum Gasteiger partial charge on any atom is -0.507 e. The topological polar surface area (TPSA) is 129 Å². The summed E-state index contributed by atoms with van der Waals surface area (Å²) in [6, 6.07) is 15.1. The number of hydrogen-bond acceptors (Lipinski definition) is 7. The van der Waals surface area contributed by atoms with Gasteiger partial charge in [0.15, 0.2) is 0 Å². The third-order valence-electron chi connectivity index (χ3n) is 3.36. The lowest BCUT2D eigenvalue weighted by atomic mass is 10.2. The third-order valence-corrected chi connectivity index (χ3v) is 4.20. The van der Waals surface area contributed by atoms with E-state index < -0.39 is 11.9 Å². The van der Waals surface area contributed by atoms with Crippen LogP contribution in [0.1, 0.15) is 10.6 Å². The van der Waals surface area contributed by atoms with E-state index in [4.69, 9.17) is 0 Å². The van der Waals surface area contributed by atoms with E-state index in [2.05, 4.69) is 31.4 Å². The van der Waals surface area contributed by atoms with Crippen LogP contribution in [-0.4, -0.2) is 33.5 Å². The van der Waals surface area contributed by atoms with Gasteiger partial charge in [0.05, 0.1) is 12.6 Å². The van der Waals surface area contributed by atoms with Gasteiger partial charge in [-0.3, -0.25) is 10.1 Å². The zero-order valence-electron chi connectivity index (χ0n) is 14.5. The number of aromatic nitrogens is 2. The molecule has 142 valence electrons. The van der Waals surface area contributed by atoms with E-state index in [1.54, 1.807) is 42.5 Å². The second-order valence-corrected chi connectivity index (χ2v) is 6.54. The van der Waals surface area contributed by atoms with E-state index in [0.717, 1.165) is 11.3 Å². The highest BCUT2D eigenvalue weighted by Crippen LogP contribution is 2.16. The Bertz CT molecular complexity index is 990. The van der Waals surface area contributed by atoms with Gasteiger partial charge in [0.1, 0.15) is 10.8 Å². The van der Waals surface area contributed by atoms with Crippen LogP contribution in [0.2, 0.25) is 0 Å². The fourth-order valence-electron chi connectivity index (χ4n) is 2.10. The van der Waals surface area contributed by atoms with E-state index in [1.807, 2.05) is 6.07 Å². The highest BCUT2D eigenvalue weighted by Gasteiger charge is 2.11. The van der Waals surface area contributed by atoms with Crippen molar-refractivity contribution in [2.75, 3.05) is 10.6 Å². The summed E-state index contributed by atoms with van der Waals surface area (Å²) in [5.74, 6) is -0.336. The molecular formula is C18H16N6O3S. The Balaban J connectivity index is 1.48. The van der Waals surface area contributed by atoms with Crippen molar-refractivity contribution in [1.29, 1.82) is 0 Å². The number of amides is 3. The van der Waals surface area contributed by atoms with Gasteiger partial charge in [-0.1, -0.05) is 41.7 Å². The maximum Gasteiger partial charge on any atom is 0.325 e. The second kappa shape index (κ2) is 9.24. The van der Waals surface area contributed by atoms with Crippen molar-refractivity contribution in [3.05, 3.63) is 65.2 Å². The number of carbonyl (C=O) groups is 2. The molecule has 3 amide bonds. The highest BCUT2D eigenvalue weighted by atomic mass is 32.1. The maximum absolute atomic E-state index is 11.9. The molecule has 0 radical (unpaired) electrons. The van der Waals surface area contributed by atoms with E-state index in [-0.39, 0.29) is 17.3 Å². The summed E-state index contributed by atoms with van der Waals surface area (Å²) >= 11 is 1.09. The summed E-state index contributed by atoms with van der Waals surface area (Å²) in [6.07, 6.45) is 1.30. The Morgan fingerprint density at radius 1 is 1.04 bits per heavy atom. The number of aromatic hydroxyl groups is 1.